The quantitative estimate of drug-likeness (QED) is 0.173. The molecule has 0 saturated heterocycles. The van der Waals surface area contributed by atoms with Crippen molar-refractivity contribution >= 4 is 43.7 Å². The van der Waals surface area contributed by atoms with Crippen molar-refractivity contribution in [3.63, 3.8) is 0 Å². The number of fused-ring (bicyclic) bond motifs is 2. The van der Waals surface area contributed by atoms with Crippen LogP contribution in [0.25, 0.3) is 33.4 Å². The average Bonchev–Trinajstić information content (AvgIpc) is 3.99. The number of pyridine rings is 2. The van der Waals surface area contributed by atoms with E-state index in [1.807, 2.05) is 108 Å². The van der Waals surface area contributed by atoms with Crippen LogP contribution < -0.4 is 9.47 Å². The molecule has 53 heavy (non-hydrogen) atoms. The van der Waals surface area contributed by atoms with Gasteiger partial charge in [-0.2, -0.15) is 0 Å². The van der Waals surface area contributed by atoms with E-state index >= 15 is 0 Å². The highest BCUT2D eigenvalue weighted by Crippen LogP contribution is 2.25. The third-order valence-corrected chi connectivity index (χ3v) is 10.9. The molecular weight excluding hydrogens is 713 g/mol. The summed E-state index contributed by atoms with van der Waals surface area (Å²) in [5, 5.41) is 0.905. The minimum Gasteiger partial charge on any atom is -0.496 e. The first kappa shape index (κ1) is 36.9. The fourth-order valence-electron chi connectivity index (χ4n) is 5.73. The summed E-state index contributed by atoms with van der Waals surface area (Å²) in [6, 6.07) is 23.3. The van der Waals surface area contributed by atoms with Crippen LogP contribution in [0.2, 0.25) is 0 Å². The highest BCUT2D eigenvalue weighted by Gasteiger charge is 2.17. The maximum atomic E-state index is 12.8. The molecule has 0 aliphatic heterocycles. The van der Waals surface area contributed by atoms with Crippen LogP contribution in [0.1, 0.15) is 22.5 Å². The SMILES string of the molecule is COc1ccnc(CS(=O)c2nc3ccc(-n4cccc4)cc3[nH]2)c1C.COc1ccnc(CS(=O)c2nc3ccc(-n4cccc4)cc3[nH]2)c1C.O. The van der Waals surface area contributed by atoms with Crippen LogP contribution in [0.3, 0.4) is 0 Å². The standard InChI is InChI=1S/2C19H18N4O2S.H2O/c2*1-13-17(20-8-7-18(13)25-2)12-26(24)19-21-15-6-5-14(11-16(15)22-19)23-9-3-4-10-23;/h2*3-11H,12H2,1-2H3,(H,21,22);1H2. The highest BCUT2D eigenvalue weighted by molar-refractivity contribution is 7.84. The van der Waals surface area contributed by atoms with Crippen LogP contribution in [-0.2, 0) is 33.1 Å². The van der Waals surface area contributed by atoms with Gasteiger partial charge in [0.15, 0.2) is 10.3 Å². The van der Waals surface area contributed by atoms with E-state index in [9.17, 15) is 8.42 Å². The average molecular weight is 751 g/mol. The van der Waals surface area contributed by atoms with Crippen molar-refractivity contribution in [1.29, 1.82) is 0 Å². The molecule has 0 spiro atoms. The number of imidazole rings is 2. The fraction of sp³-hybridized carbons (Fsp3) is 0.158. The molecule has 6 aromatic heterocycles. The van der Waals surface area contributed by atoms with Gasteiger partial charge in [0.25, 0.3) is 0 Å². The van der Waals surface area contributed by atoms with E-state index in [-0.39, 0.29) is 17.0 Å². The minimum absolute atomic E-state index is 0. The molecular formula is C38H38N8O5S2. The minimum atomic E-state index is -1.32. The lowest BCUT2D eigenvalue weighted by atomic mass is 10.2. The van der Waals surface area contributed by atoms with Gasteiger partial charge in [0, 0.05) is 59.7 Å². The summed E-state index contributed by atoms with van der Waals surface area (Å²) in [5.74, 6) is 2.06. The molecule has 0 amide bonds. The molecule has 0 saturated carbocycles. The van der Waals surface area contributed by atoms with Crippen LogP contribution in [0.4, 0.5) is 0 Å². The number of ether oxygens (including phenoxy) is 2. The zero-order valence-electron chi connectivity index (χ0n) is 29.4. The van der Waals surface area contributed by atoms with Gasteiger partial charge < -0.3 is 34.1 Å². The molecule has 0 aliphatic carbocycles. The Morgan fingerprint density at radius 1 is 0.623 bits per heavy atom. The molecule has 2 aromatic carbocycles. The summed E-state index contributed by atoms with van der Waals surface area (Å²) in [6.07, 6.45) is 11.3. The van der Waals surface area contributed by atoms with Gasteiger partial charge in [-0.05, 0) is 86.6 Å². The Balaban J connectivity index is 0.000000178. The van der Waals surface area contributed by atoms with E-state index in [1.54, 1.807) is 38.7 Å². The number of aromatic nitrogens is 8. The molecule has 4 N–H and O–H groups in total. The second-order valence-electron chi connectivity index (χ2n) is 11.8. The Hall–Kier alpha value is -5.90. The van der Waals surface area contributed by atoms with Gasteiger partial charge in [0.1, 0.15) is 11.5 Å². The van der Waals surface area contributed by atoms with Gasteiger partial charge in [-0.15, -0.1) is 0 Å². The van der Waals surface area contributed by atoms with Gasteiger partial charge in [0.2, 0.25) is 0 Å². The lowest BCUT2D eigenvalue weighted by molar-refractivity contribution is 0.410. The lowest BCUT2D eigenvalue weighted by Crippen LogP contribution is -2.03. The number of aromatic amines is 2. The maximum absolute atomic E-state index is 12.8. The maximum Gasteiger partial charge on any atom is 0.197 e. The summed E-state index contributed by atoms with van der Waals surface area (Å²) in [4.78, 5) is 24.0. The molecule has 13 nitrogen and oxygen atoms in total. The van der Waals surface area contributed by atoms with E-state index in [2.05, 4.69) is 29.9 Å². The van der Waals surface area contributed by atoms with Gasteiger partial charge in [0.05, 0.1) is 80.8 Å². The number of nitrogens with one attached hydrogen (secondary N) is 2. The third-order valence-electron chi connectivity index (χ3n) is 8.62. The second kappa shape index (κ2) is 16.2. The van der Waals surface area contributed by atoms with Crippen LogP contribution in [0.5, 0.6) is 11.5 Å². The van der Waals surface area contributed by atoms with Crippen molar-refractivity contribution in [1.82, 2.24) is 39.0 Å². The van der Waals surface area contributed by atoms with Crippen LogP contribution in [0, 0.1) is 13.8 Å². The Bertz CT molecular complexity index is 2350. The summed E-state index contributed by atoms with van der Waals surface area (Å²) >= 11 is 0. The predicted molar refractivity (Wildman–Crippen MR) is 206 cm³/mol. The molecule has 6 heterocycles. The van der Waals surface area contributed by atoms with E-state index in [0.29, 0.717) is 10.3 Å². The second-order valence-corrected chi connectivity index (χ2v) is 14.5. The topological polar surface area (TPSA) is 177 Å². The van der Waals surface area contributed by atoms with Crippen molar-refractivity contribution in [3.05, 3.63) is 132 Å². The molecule has 8 rings (SSSR count). The van der Waals surface area contributed by atoms with Gasteiger partial charge in [-0.25, -0.2) is 9.97 Å². The molecule has 15 heteroatoms. The third kappa shape index (κ3) is 7.96. The number of rotatable bonds is 10. The molecule has 8 aromatic rings. The Morgan fingerprint density at radius 3 is 1.40 bits per heavy atom. The molecule has 0 aliphatic rings. The fourth-order valence-corrected chi connectivity index (χ4v) is 7.94. The summed E-state index contributed by atoms with van der Waals surface area (Å²) in [6.45, 7) is 3.83. The Kier molecular flexibility index (Phi) is 11.3. The number of methoxy groups -OCH3 is 2. The Morgan fingerprint density at radius 2 is 1.02 bits per heavy atom. The Labute approximate surface area is 310 Å². The van der Waals surface area contributed by atoms with Crippen LogP contribution in [-0.4, -0.2) is 67.2 Å². The van der Waals surface area contributed by atoms with Gasteiger partial charge >= 0.3 is 0 Å². The monoisotopic (exact) mass is 750 g/mol. The zero-order chi connectivity index (χ0) is 36.2. The number of hydrogen-bond donors (Lipinski definition) is 2. The van der Waals surface area contributed by atoms with Crippen molar-refractivity contribution in [2.24, 2.45) is 0 Å². The first-order valence-electron chi connectivity index (χ1n) is 16.3. The van der Waals surface area contributed by atoms with E-state index in [1.165, 1.54) is 0 Å². The molecule has 2 unspecified atom stereocenters. The normalized spacial score (nSPS) is 12.2. The predicted octanol–water partition coefficient (Wildman–Crippen LogP) is 5.92. The highest BCUT2D eigenvalue weighted by atomic mass is 32.2. The summed E-state index contributed by atoms with van der Waals surface area (Å²) in [5.41, 5.74) is 8.63. The smallest absolute Gasteiger partial charge is 0.197 e. The first-order chi connectivity index (χ1) is 25.3. The van der Waals surface area contributed by atoms with Crippen LogP contribution in [0.15, 0.2) is 120 Å². The van der Waals surface area contributed by atoms with Crippen molar-refractivity contribution in [2.75, 3.05) is 14.2 Å². The molecule has 0 bridgehead atoms. The number of H-pyrrole nitrogens is 2. The largest absolute Gasteiger partial charge is 0.496 e. The van der Waals surface area contributed by atoms with E-state index in [0.717, 1.165) is 67.5 Å². The molecule has 0 radical (unpaired) electrons. The summed E-state index contributed by atoms with van der Waals surface area (Å²) < 4.78 is 40.2. The number of nitrogens with zero attached hydrogens (tertiary/aromatic N) is 6. The summed E-state index contributed by atoms with van der Waals surface area (Å²) in [7, 11) is 0.587. The van der Waals surface area contributed by atoms with E-state index in [4.69, 9.17) is 9.47 Å². The van der Waals surface area contributed by atoms with Gasteiger partial charge in [-0.3, -0.25) is 18.4 Å². The van der Waals surface area contributed by atoms with Crippen LogP contribution >= 0.6 is 0 Å². The van der Waals surface area contributed by atoms with Crippen molar-refractivity contribution < 1.29 is 23.4 Å². The number of hydrogen-bond acceptors (Lipinski definition) is 8. The zero-order valence-corrected chi connectivity index (χ0v) is 31.1. The van der Waals surface area contributed by atoms with E-state index < -0.39 is 21.6 Å². The lowest BCUT2D eigenvalue weighted by Gasteiger charge is -2.08. The molecule has 272 valence electrons. The van der Waals surface area contributed by atoms with Gasteiger partial charge in [-0.1, -0.05) is 0 Å². The first-order valence-corrected chi connectivity index (χ1v) is 18.9. The van der Waals surface area contributed by atoms with Crippen molar-refractivity contribution in [3.8, 4) is 22.9 Å². The number of benzene rings is 2. The van der Waals surface area contributed by atoms with Crippen molar-refractivity contribution in [2.45, 2.75) is 35.7 Å². The molecule has 2 atom stereocenters. The molecule has 0 fully saturated rings.